The van der Waals surface area contributed by atoms with Crippen molar-refractivity contribution in [2.75, 3.05) is 58.4 Å². The van der Waals surface area contributed by atoms with Gasteiger partial charge in [-0.05, 0) is 140 Å². The van der Waals surface area contributed by atoms with E-state index in [1.165, 1.54) is 6.33 Å². The van der Waals surface area contributed by atoms with Crippen LogP contribution in [0.4, 0.5) is 5.82 Å². The number of carboxylic acid groups (broad SMARTS) is 1. The molecule has 24 nitrogen and oxygen atoms in total. The normalized spacial score (nSPS) is 46.2. The summed E-state index contributed by atoms with van der Waals surface area (Å²) in [5.41, 5.74) is 8.18. The lowest BCUT2D eigenvalue weighted by molar-refractivity contribution is -0.352. The summed E-state index contributed by atoms with van der Waals surface area (Å²) in [5.74, 6) is 1.34. The predicted molar refractivity (Wildman–Crippen MR) is 333 cm³/mol. The van der Waals surface area contributed by atoms with Crippen LogP contribution < -0.4 is 32.7 Å². The Hall–Kier alpha value is -4.75. The van der Waals surface area contributed by atoms with Gasteiger partial charge in [0, 0.05) is 86.9 Å². The number of carbonyl (C=O) groups excluding carboxylic acids is 1. The number of aromatic nitrogens is 4. The van der Waals surface area contributed by atoms with Crippen molar-refractivity contribution in [1.29, 1.82) is 0 Å². The zero-order valence-electron chi connectivity index (χ0n) is 53.4. The number of amides is 1. The first-order valence-corrected chi connectivity index (χ1v) is 34.0. The lowest BCUT2D eigenvalue weighted by Gasteiger charge is -2.78. The van der Waals surface area contributed by atoms with Crippen molar-refractivity contribution in [3.63, 3.8) is 0 Å². The van der Waals surface area contributed by atoms with E-state index in [4.69, 9.17) is 25.9 Å². The Labute approximate surface area is 532 Å². The van der Waals surface area contributed by atoms with E-state index in [-0.39, 0.29) is 55.8 Å². The number of hydrogen-bond acceptors (Lipinski definition) is 18. The van der Waals surface area contributed by atoms with E-state index in [1.807, 2.05) is 6.92 Å². The molecule has 8 fully saturated rings. The molecule has 8 aliphatic carbocycles. The molecule has 0 bridgehead atoms. The number of carboxylic acids is 1. The molecular formula is C67H101N11O13. The summed E-state index contributed by atoms with van der Waals surface area (Å²) >= 11 is 0. The number of aliphatic carboxylic acids is 1. The number of nitrogens with two attached hydrogens (primary N) is 2. The van der Waals surface area contributed by atoms with Crippen LogP contribution in [0.3, 0.4) is 0 Å². The highest BCUT2D eigenvalue weighted by atomic mass is 16.7. The number of imidazole rings is 2. The summed E-state index contributed by atoms with van der Waals surface area (Å²) in [5, 5.41) is 123. The second-order valence-corrected chi connectivity index (χ2v) is 31.0. The standard InChI is InChI=1S/C67H101N11O13/c1-61(29-79)17-18-66(59(88)89)41(24-61)37-21-33-12-13-34-11-8-15-65(34)39(48(78-58(65)87)47(44-27-72-31-75-44)49(82)36(55(68)86)25-71-19-20-73-60(69)70-5)22-40-50(83)54(91-57-52(85)51(84)45(81)28-90-57)62(2,30-80)46-14-16-63(3,53(33)67(40,46)35-9-6-7-10-35)64(37,4)38-23-43-56(77-32-76-43)74-26-42(38)66/h21,27,31-36,38-42,45-55,57,71,74,79-86H,6-11,14-20,22-26,28-30,68H2,1-5H3,(H,72,75)(H,76,77)(H,78,87)(H,88,89)(H3,69,70,73)/t33-,34+,36-,38-,39-,40-,41-,42-,45+,46+,47-,48+,49-,50+,51-,52+,53-,54+,55-,57-,61-,62-,63+,64-,65-,66+,67-/m0/s1. The molecule has 91 heavy (non-hydrogen) atoms. The summed E-state index contributed by atoms with van der Waals surface area (Å²) in [7, 11) is 1.58. The van der Waals surface area contributed by atoms with Gasteiger partial charge in [0.2, 0.25) is 5.91 Å². The van der Waals surface area contributed by atoms with E-state index in [0.29, 0.717) is 88.9 Å². The fourth-order valence-electron chi connectivity index (χ4n) is 23.2. The van der Waals surface area contributed by atoms with E-state index >= 15 is 4.79 Å². The van der Waals surface area contributed by atoms with Gasteiger partial charge in [0.25, 0.3) is 0 Å². The number of rotatable bonds is 16. The Morgan fingerprint density at radius 3 is 2.41 bits per heavy atom. The average molecular weight is 1270 g/mol. The number of aliphatic hydroxyl groups excluding tert-OH is 8. The maximum atomic E-state index is 16.1. The highest BCUT2D eigenvalue weighted by molar-refractivity contribution is 5.87. The fraction of sp³-hybridized carbons (Fsp3) is 0.806. The third-order valence-electron chi connectivity index (χ3n) is 27.6. The second-order valence-electron chi connectivity index (χ2n) is 31.0. The number of allylic oxidation sites excluding steroid dienone is 2. The lowest BCUT2D eigenvalue weighted by Crippen LogP contribution is -2.77. The van der Waals surface area contributed by atoms with E-state index in [1.54, 1.807) is 19.6 Å². The Morgan fingerprint density at radius 1 is 0.923 bits per heavy atom. The highest BCUT2D eigenvalue weighted by Crippen LogP contribution is 2.82. The number of aliphatic imine (C=N–C) groups is 1. The van der Waals surface area contributed by atoms with E-state index in [9.17, 15) is 50.8 Å². The third-order valence-corrected chi connectivity index (χ3v) is 27.6. The van der Waals surface area contributed by atoms with Gasteiger partial charge in [0.15, 0.2) is 12.2 Å². The molecule has 2 saturated heterocycles. The molecule has 2 aromatic rings. The molecule has 6 saturated carbocycles. The van der Waals surface area contributed by atoms with Crippen molar-refractivity contribution in [3.05, 3.63) is 41.9 Å². The molecule has 27 atom stereocenters. The van der Waals surface area contributed by atoms with Crippen molar-refractivity contribution in [2.45, 2.75) is 179 Å². The fourth-order valence-corrected chi connectivity index (χ4v) is 23.2. The van der Waals surface area contributed by atoms with Gasteiger partial charge >= 0.3 is 5.97 Å². The zero-order chi connectivity index (χ0) is 64.5. The molecule has 5 heterocycles. The van der Waals surface area contributed by atoms with Gasteiger partial charge in [-0.1, -0.05) is 70.4 Å². The Kier molecular flexibility index (Phi) is 17.0. The average Bonchev–Trinajstić information content (AvgIpc) is 1.08. The SMILES string of the molecule is CN=C(N)NCCNC[C@@H]([C@H](O)[C@@H](c1cnc[nH]1)[C@@H]1NC(=O)[C@@]23CCC[C@@H]2C#C[C@H]2C=C4[C@@H]5C[C@@](C)(CO)CC[C@]5(C(=O)O)[C@H]5CNc6nc[nH]c6C[C@@H]5[C@@]4(C)[C@]4(C)CC[C@@H]5[C@](C)(CO)[C@H](O[C@@H]6OC[C@@H](O)[C@H](O)[C@H]6O)[C@H](O)[C@H](C[C@@H]13)[C@]5(C1CCCC1)[C@@H]24)[C@@H](N)O. The number of hydrogen-bond donors (Lipinski definition) is 17. The van der Waals surface area contributed by atoms with E-state index < -0.39 is 159 Å². The van der Waals surface area contributed by atoms with Gasteiger partial charge in [-0.25, -0.2) is 9.97 Å². The Morgan fingerprint density at radius 2 is 1.70 bits per heavy atom. The molecule has 502 valence electrons. The van der Waals surface area contributed by atoms with Gasteiger partial charge < -0.3 is 98.1 Å². The monoisotopic (exact) mass is 1270 g/mol. The van der Waals surface area contributed by atoms with Crippen LogP contribution in [0.1, 0.15) is 128 Å². The summed E-state index contributed by atoms with van der Waals surface area (Å²) < 4.78 is 13.1. The van der Waals surface area contributed by atoms with E-state index in [2.05, 4.69) is 79.9 Å². The van der Waals surface area contributed by atoms with Crippen LogP contribution in [0.5, 0.6) is 0 Å². The molecule has 1 spiro atoms. The van der Waals surface area contributed by atoms with Crippen LogP contribution in [0.25, 0.3) is 0 Å². The van der Waals surface area contributed by atoms with Gasteiger partial charge in [-0.3, -0.25) is 14.6 Å². The maximum Gasteiger partial charge on any atom is 0.310 e. The van der Waals surface area contributed by atoms with Crippen molar-refractivity contribution >= 4 is 23.7 Å². The topological polar surface area (TPSA) is 405 Å². The lowest BCUT2D eigenvalue weighted by atomic mass is 9.26. The molecule has 3 aliphatic heterocycles. The number of fused-ring (bicyclic) bond motifs is 8. The van der Waals surface area contributed by atoms with Gasteiger partial charge in [0.05, 0.1) is 60.7 Å². The summed E-state index contributed by atoms with van der Waals surface area (Å²) in [6.07, 6.45) is 3.52. The van der Waals surface area contributed by atoms with Crippen molar-refractivity contribution in [3.8, 4) is 11.8 Å². The number of guanidine groups is 1. The van der Waals surface area contributed by atoms with E-state index in [0.717, 1.165) is 37.0 Å². The molecule has 0 radical (unpaired) electrons. The minimum atomic E-state index is -1.73. The molecule has 13 rings (SSSR count). The van der Waals surface area contributed by atoms with Crippen molar-refractivity contribution in [1.82, 2.24) is 35.9 Å². The highest BCUT2D eigenvalue weighted by Gasteiger charge is 2.80. The number of ether oxygens (including phenoxy) is 2. The Balaban J connectivity index is 1.06. The molecule has 11 aliphatic rings. The van der Waals surface area contributed by atoms with Crippen LogP contribution in [0.2, 0.25) is 0 Å². The molecule has 0 aromatic carbocycles. The number of aromatic amines is 2. The first-order valence-electron chi connectivity index (χ1n) is 34.0. The van der Waals surface area contributed by atoms with Crippen molar-refractivity contribution in [2.24, 2.45) is 119 Å². The number of nitrogens with one attached hydrogen (secondary N) is 6. The van der Waals surface area contributed by atoms with Crippen LogP contribution in [0.15, 0.2) is 35.5 Å². The predicted octanol–water partition coefficient (Wildman–Crippen LogP) is 1.27. The second kappa shape index (κ2) is 23.9. The van der Waals surface area contributed by atoms with Crippen LogP contribution in [0, 0.1) is 115 Å². The third kappa shape index (κ3) is 9.43. The number of H-pyrrole nitrogens is 2. The first kappa shape index (κ1) is 64.9. The Bertz CT molecular complexity index is 3150. The van der Waals surface area contributed by atoms with Crippen LogP contribution >= 0.6 is 0 Å². The minimum Gasteiger partial charge on any atom is -0.481 e. The van der Waals surface area contributed by atoms with Crippen LogP contribution in [-0.2, 0) is 25.5 Å². The summed E-state index contributed by atoms with van der Waals surface area (Å²) in [4.78, 5) is 51.0. The summed E-state index contributed by atoms with van der Waals surface area (Å²) in [6.45, 7) is 9.18. The number of anilines is 1. The molecular weight excluding hydrogens is 1170 g/mol. The van der Waals surface area contributed by atoms with Crippen molar-refractivity contribution < 1.29 is 65.0 Å². The van der Waals surface area contributed by atoms with Gasteiger partial charge in [-0.2, -0.15) is 0 Å². The zero-order valence-corrected chi connectivity index (χ0v) is 53.4. The summed E-state index contributed by atoms with van der Waals surface area (Å²) in [6, 6.07) is -0.871. The molecule has 0 unspecified atom stereocenters. The van der Waals surface area contributed by atoms with Crippen LogP contribution in [-0.4, -0.2) is 192 Å². The molecule has 1 amide bonds. The number of nitrogens with zero attached hydrogens (tertiary/aromatic N) is 3. The molecule has 24 heteroatoms. The maximum absolute atomic E-state index is 16.1. The number of aliphatic hydroxyl groups is 8. The largest absolute Gasteiger partial charge is 0.481 e. The quantitative estimate of drug-likeness (QED) is 0.0214. The van der Waals surface area contributed by atoms with Gasteiger partial charge in [0.1, 0.15) is 30.4 Å². The molecule has 2 aromatic heterocycles. The smallest absolute Gasteiger partial charge is 0.310 e. The van der Waals surface area contributed by atoms with Gasteiger partial charge in [-0.15, -0.1) is 0 Å². The molecule has 19 N–H and O–H groups in total. The number of carbonyl (C=O) groups is 2. The first-order chi connectivity index (χ1) is 43.5. The minimum absolute atomic E-state index is 0.0650.